The molecule has 0 saturated carbocycles. The Hall–Kier alpha value is -1.46. The van der Waals surface area contributed by atoms with E-state index in [0.29, 0.717) is 0 Å². The summed E-state index contributed by atoms with van der Waals surface area (Å²) in [6.45, 7) is 11.6. The lowest BCUT2D eigenvalue weighted by Gasteiger charge is -2.47. The number of benzene rings is 2. The van der Waals surface area contributed by atoms with Crippen molar-refractivity contribution in [3.63, 3.8) is 0 Å². The fourth-order valence-electron chi connectivity index (χ4n) is 4.54. The molecule has 0 amide bonds. The van der Waals surface area contributed by atoms with Gasteiger partial charge >= 0.3 is 0 Å². The molecule has 1 saturated heterocycles. The predicted octanol–water partition coefficient (Wildman–Crippen LogP) is 6.36. The molecule has 1 fully saturated rings. The van der Waals surface area contributed by atoms with Crippen LogP contribution in [0, 0.1) is 0 Å². The van der Waals surface area contributed by atoms with Crippen LogP contribution in [0.1, 0.15) is 46.5 Å². The van der Waals surface area contributed by atoms with Gasteiger partial charge in [0.15, 0.2) is 0 Å². The summed E-state index contributed by atoms with van der Waals surface area (Å²) in [5.41, 5.74) is 0. The summed E-state index contributed by atoms with van der Waals surface area (Å²) in [5, 5.41) is 2.60. The van der Waals surface area contributed by atoms with Crippen LogP contribution in [0.4, 0.5) is 0 Å². The summed E-state index contributed by atoms with van der Waals surface area (Å²) in [5.74, 6) is 0. The largest absolute Gasteiger partial charge is 0.402 e. The van der Waals surface area contributed by atoms with E-state index in [1.165, 1.54) is 10.4 Å². The van der Waals surface area contributed by atoms with Gasteiger partial charge in [-0.15, -0.1) is 6.58 Å². The highest BCUT2D eigenvalue weighted by molar-refractivity contribution is 9.11. The van der Waals surface area contributed by atoms with Crippen molar-refractivity contribution < 1.29 is 9.16 Å². The van der Waals surface area contributed by atoms with Gasteiger partial charge in [0.2, 0.25) is 0 Å². The summed E-state index contributed by atoms with van der Waals surface area (Å²) in [4.78, 5) is 0. The lowest BCUT2D eigenvalue weighted by molar-refractivity contribution is -0.0643. The van der Waals surface area contributed by atoms with Crippen LogP contribution in [-0.2, 0) is 9.16 Å². The number of allylic oxidation sites excluding steroid dienone is 2. The van der Waals surface area contributed by atoms with Gasteiger partial charge in [0.1, 0.15) is 0 Å². The molecule has 0 spiro atoms. The second kappa shape index (κ2) is 10.9. The van der Waals surface area contributed by atoms with Crippen molar-refractivity contribution in [1.29, 1.82) is 0 Å². The van der Waals surface area contributed by atoms with Crippen LogP contribution in [0.2, 0.25) is 5.04 Å². The maximum atomic E-state index is 7.38. The number of ether oxygens (including phenoxy) is 1. The van der Waals surface area contributed by atoms with Gasteiger partial charge in [-0.05, 0) is 39.2 Å². The maximum absolute atomic E-state index is 7.38. The Labute approximate surface area is 197 Å². The first-order valence-corrected chi connectivity index (χ1v) is 13.9. The Kier molecular flexibility index (Phi) is 8.51. The minimum atomic E-state index is -2.59. The van der Waals surface area contributed by atoms with Crippen LogP contribution >= 0.6 is 15.9 Å². The van der Waals surface area contributed by atoms with Gasteiger partial charge in [-0.2, -0.15) is 0 Å². The first kappa shape index (κ1) is 24.2. The van der Waals surface area contributed by atoms with E-state index in [2.05, 4.69) is 110 Å². The van der Waals surface area contributed by atoms with Gasteiger partial charge < -0.3 is 9.16 Å². The predicted molar refractivity (Wildman–Crippen MR) is 138 cm³/mol. The number of halogens is 1. The van der Waals surface area contributed by atoms with Crippen LogP contribution in [0.25, 0.3) is 0 Å². The number of hydrogen-bond donors (Lipinski definition) is 0. The second-order valence-electron chi connectivity index (χ2n) is 9.25. The molecule has 0 aliphatic carbocycles. The van der Waals surface area contributed by atoms with Gasteiger partial charge in [0.05, 0.1) is 12.2 Å². The zero-order valence-electron chi connectivity index (χ0n) is 19.0. The summed E-state index contributed by atoms with van der Waals surface area (Å²) >= 11 is 3.74. The van der Waals surface area contributed by atoms with E-state index in [9.17, 15) is 0 Å². The van der Waals surface area contributed by atoms with Crippen LogP contribution in [-0.4, -0.2) is 27.1 Å². The molecule has 0 aromatic heterocycles. The Bertz CT molecular complexity index is 818. The summed E-state index contributed by atoms with van der Waals surface area (Å²) in [6, 6.07) is 21.7. The first-order valence-electron chi connectivity index (χ1n) is 11.2. The zero-order chi connectivity index (χ0) is 22.3. The molecule has 2 aromatic rings. The van der Waals surface area contributed by atoms with Crippen molar-refractivity contribution in [3.05, 3.63) is 83.9 Å². The third kappa shape index (κ3) is 5.67. The third-order valence-electron chi connectivity index (χ3n) is 6.03. The topological polar surface area (TPSA) is 18.5 Å². The van der Waals surface area contributed by atoms with E-state index in [4.69, 9.17) is 9.16 Å². The summed E-state index contributed by atoms with van der Waals surface area (Å²) < 4.78 is 14.8. The van der Waals surface area contributed by atoms with Crippen molar-refractivity contribution in [1.82, 2.24) is 0 Å². The lowest BCUT2D eigenvalue weighted by atomic mass is 10.0. The van der Waals surface area contributed by atoms with Crippen molar-refractivity contribution >= 4 is 34.6 Å². The monoisotopic (exact) mass is 498 g/mol. The molecular formula is C27H35BrO2Si. The molecular weight excluding hydrogens is 464 g/mol. The van der Waals surface area contributed by atoms with E-state index in [-0.39, 0.29) is 17.2 Å². The molecule has 0 unspecified atom stereocenters. The van der Waals surface area contributed by atoms with Crippen LogP contribution in [0.15, 0.2) is 83.9 Å². The fraction of sp³-hybridized carbons (Fsp3) is 0.407. The molecule has 1 aliphatic rings. The molecule has 0 N–H and O–H groups in total. The van der Waals surface area contributed by atoms with Gasteiger partial charge in [-0.1, -0.05) is 110 Å². The molecule has 2 aromatic carbocycles. The molecule has 1 aliphatic heterocycles. The molecule has 0 radical (unpaired) electrons. The maximum Gasteiger partial charge on any atom is 0.261 e. The van der Waals surface area contributed by atoms with Gasteiger partial charge in [0, 0.05) is 13.0 Å². The minimum Gasteiger partial charge on any atom is -0.402 e. The number of rotatable bonds is 8. The molecule has 3 rings (SSSR count). The van der Waals surface area contributed by atoms with E-state index in [1.54, 1.807) is 0 Å². The third-order valence-corrected chi connectivity index (χ3v) is 11.7. The highest BCUT2D eigenvalue weighted by Crippen LogP contribution is 2.39. The highest BCUT2D eigenvalue weighted by Gasteiger charge is 2.52. The molecule has 2 nitrogen and oxygen atoms in total. The molecule has 4 heteroatoms. The van der Waals surface area contributed by atoms with Crippen molar-refractivity contribution in [2.45, 2.75) is 63.7 Å². The number of hydrogen-bond acceptors (Lipinski definition) is 2. The van der Waals surface area contributed by atoms with Gasteiger partial charge in [-0.3, -0.25) is 0 Å². The smallest absolute Gasteiger partial charge is 0.261 e. The van der Waals surface area contributed by atoms with E-state index >= 15 is 0 Å². The molecule has 2 atom stereocenters. The van der Waals surface area contributed by atoms with Crippen LogP contribution in [0.5, 0.6) is 0 Å². The highest BCUT2D eigenvalue weighted by atomic mass is 79.9. The lowest BCUT2D eigenvalue weighted by Crippen LogP contribution is -2.68. The van der Waals surface area contributed by atoms with Gasteiger partial charge in [0.25, 0.3) is 8.32 Å². The van der Waals surface area contributed by atoms with Crippen molar-refractivity contribution in [2.75, 3.05) is 6.61 Å². The quantitative estimate of drug-likeness (QED) is 0.311. The Balaban J connectivity index is 2.04. The van der Waals surface area contributed by atoms with Crippen molar-refractivity contribution in [3.8, 4) is 0 Å². The average Bonchev–Trinajstić information content (AvgIpc) is 2.77. The van der Waals surface area contributed by atoms with E-state index < -0.39 is 8.32 Å². The fourth-order valence-corrected chi connectivity index (χ4v) is 9.79. The molecule has 0 bridgehead atoms. The van der Waals surface area contributed by atoms with Crippen LogP contribution < -0.4 is 10.4 Å². The van der Waals surface area contributed by atoms with Gasteiger partial charge in [-0.25, -0.2) is 0 Å². The molecule has 166 valence electrons. The Morgan fingerprint density at radius 3 is 2.19 bits per heavy atom. The minimum absolute atomic E-state index is 0.0341. The van der Waals surface area contributed by atoms with E-state index in [0.717, 1.165) is 36.8 Å². The molecule has 1 heterocycles. The zero-order valence-corrected chi connectivity index (χ0v) is 21.6. The van der Waals surface area contributed by atoms with Crippen LogP contribution in [0.3, 0.4) is 0 Å². The first-order chi connectivity index (χ1) is 14.9. The summed E-state index contributed by atoms with van der Waals surface area (Å²) in [7, 11) is -2.59. The Morgan fingerprint density at radius 2 is 1.68 bits per heavy atom. The average molecular weight is 500 g/mol. The van der Waals surface area contributed by atoms with E-state index in [1.807, 2.05) is 6.08 Å². The normalized spacial score (nSPS) is 20.5. The molecule has 31 heavy (non-hydrogen) atoms. The second-order valence-corrected chi connectivity index (χ2v) is 14.5. The van der Waals surface area contributed by atoms with Crippen molar-refractivity contribution in [2.24, 2.45) is 0 Å². The SMILES string of the molecule is C=CC/C=C(\Br)C[C@@H]1OCCC[C@H]1O[Si](c1ccccc1)(c1ccccc1)C(C)(C)C. The Morgan fingerprint density at radius 1 is 1.10 bits per heavy atom. The standard InChI is InChI=1S/C27H35BrO2Si/c1-5-6-14-22(28)21-26-25(19-13-20-29-26)30-31(27(2,3)4,23-15-9-7-10-16-23)24-17-11-8-12-18-24/h5,7-12,14-18,25-26H,1,6,13,19-21H2,2-4H3/b22-14-/t25-,26+/m1/s1. The summed E-state index contributed by atoms with van der Waals surface area (Å²) in [6.07, 6.45) is 7.94.